The Bertz CT molecular complexity index is 697. The average molecular weight is 234 g/mol. The van der Waals surface area contributed by atoms with Gasteiger partial charge in [0.2, 0.25) is 0 Å². The first-order chi connectivity index (χ1) is 8.11. The largest absolute Gasteiger partial charge is 0.419 e. The molecule has 0 aliphatic heterocycles. The van der Waals surface area contributed by atoms with E-state index in [0.29, 0.717) is 16.5 Å². The second-order valence-corrected chi connectivity index (χ2v) is 3.48. The van der Waals surface area contributed by atoms with E-state index in [4.69, 9.17) is 0 Å². The Hall–Kier alpha value is -2.37. The molecule has 6 nitrogen and oxygen atoms in total. The lowest BCUT2D eigenvalue weighted by Gasteiger charge is -2.01. The van der Waals surface area contributed by atoms with Crippen molar-refractivity contribution < 1.29 is 9.25 Å². The highest BCUT2D eigenvalue weighted by Gasteiger charge is 2.06. The van der Waals surface area contributed by atoms with Crippen LogP contribution < -0.4 is 11.4 Å². The van der Waals surface area contributed by atoms with Crippen LogP contribution in [-0.4, -0.2) is 18.3 Å². The number of H-pyrrole nitrogens is 1. The summed E-state index contributed by atoms with van der Waals surface area (Å²) in [5, 5.41) is 3.92. The molecule has 2 rings (SSSR count). The maximum atomic E-state index is 11.5. The number of aromatic amines is 1. The molecule has 88 valence electrons. The van der Waals surface area contributed by atoms with Gasteiger partial charge in [0, 0.05) is 0 Å². The van der Waals surface area contributed by atoms with E-state index < -0.39 is 11.4 Å². The first-order valence-corrected chi connectivity index (χ1v) is 4.86. The maximum Gasteiger partial charge on any atom is 0.419 e. The van der Waals surface area contributed by atoms with Crippen LogP contribution in [0.1, 0.15) is 11.1 Å². The zero-order valence-corrected chi connectivity index (χ0v) is 9.31. The normalized spacial score (nSPS) is 11.2. The highest BCUT2D eigenvalue weighted by molar-refractivity contribution is 5.89. The van der Waals surface area contributed by atoms with E-state index in [2.05, 4.69) is 19.4 Å². The third-order valence-electron chi connectivity index (χ3n) is 2.30. The van der Waals surface area contributed by atoms with Crippen LogP contribution in [0, 0.1) is 6.92 Å². The van der Waals surface area contributed by atoms with Crippen molar-refractivity contribution in [2.75, 3.05) is 7.11 Å². The van der Waals surface area contributed by atoms with Crippen LogP contribution in [0.4, 0.5) is 0 Å². The molecule has 0 unspecified atom stereocenters. The molecule has 0 aliphatic rings. The second-order valence-electron chi connectivity index (χ2n) is 3.48. The number of oxime groups is 1. The number of rotatable bonds is 2. The van der Waals surface area contributed by atoms with Crippen molar-refractivity contribution >= 4 is 17.1 Å². The molecule has 0 saturated carbocycles. The molecule has 0 radical (unpaired) electrons. The number of hydrogen-bond donors (Lipinski definition) is 1. The van der Waals surface area contributed by atoms with Crippen LogP contribution in [0.3, 0.4) is 0 Å². The molecule has 0 fully saturated rings. The lowest BCUT2D eigenvalue weighted by atomic mass is 10.1. The molecule has 0 spiro atoms. The summed E-state index contributed by atoms with van der Waals surface area (Å²) in [6, 6.07) is 3.35. The minimum absolute atomic E-state index is 0.308. The molecule has 1 aromatic carbocycles. The van der Waals surface area contributed by atoms with Crippen LogP contribution in [0.2, 0.25) is 0 Å². The van der Waals surface area contributed by atoms with Crippen molar-refractivity contribution in [2.24, 2.45) is 5.16 Å². The van der Waals surface area contributed by atoms with Gasteiger partial charge in [-0.1, -0.05) is 5.16 Å². The van der Waals surface area contributed by atoms with Crippen LogP contribution >= 0.6 is 0 Å². The molecular weight excluding hydrogens is 224 g/mol. The summed E-state index contributed by atoms with van der Waals surface area (Å²) in [4.78, 5) is 29.6. The van der Waals surface area contributed by atoms with Gasteiger partial charge in [0.15, 0.2) is 0 Å². The summed E-state index contributed by atoms with van der Waals surface area (Å²) in [7, 11) is 1.43. The zero-order chi connectivity index (χ0) is 12.4. The van der Waals surface area contributed by atoms with Crippen molar-refractivity contribution in [1.82, 2.24) is 4.98 Å². The van der Waals surface area contributed by atoms with Gasteiger partial charge in [0.05, 0.1) is 17.1 Å². The van der Waals surface area contributed by atoms with Gasteiger partial charge in [-0.2, -0.15) is 0 Å². The summed E-state index contributed by atoms with van der Waals surface area (Å²) in [5.41, 5.74) is 1.25. The van der Waals surface area contributed by atoms with Gasteiger partial charge >= 0.3 is 11.4 Å². The molecule has 0 aliphatic carbocycles. The minimum Gasteiger partial charge on any atom is -0.399 e. The van der Waals surface area contributed by atoms with Crippen molar-refractivity contribution in [1.29, 1.82) is 0 Å². The van der Waals surface area contributed by atoms with Crippen molar-refractivity contribution in [3.8, 4) is 0 Å². The lowest BCUT2D eigenvalue weighted by Crippen LogP contribution is -2.15. The Labute approximate surface area is 95.5 Å². The molecule has 6 heteroatoms. The van der Waals surface area contributed by atoms with E-state index in [-0.39, 0.29) is 0 Å². The summed E-state index contributed by atoms with van der Waals surface area (Å²) in [5.74, 6) is -0.760. The Morgan fingerprint density at radius 2 is 2.18 bits per heavy atom. The highest BCUT2D eigenvalue weighted by atomic mass is 16.6. The van der Waals surface area contributed by atoms with Crippen LogP contribution in [0.25, 0.3) is 10.9 Å². The van der Waals surface area contributed by atoms with Gasteiger partial charge in [0.25, 0.3) is 0 Å². The fourth-order valence-corrected chi connectivity index (χ4v) is 1.60. The third-order valence-corrected chi connectivity index (χ3v) is 2.30. The number of aryl methyl sites for hydroxylation is 1. The van der Waals surface area contributed by atoms with Gasteiger partial charge in [0.1, 0.15) is 7.11 Å². The zero-order valence-electron chi connectivity index (χ0n) is 9.31. The standard InChI is InChI=1S/C11H10N2O4/c1-6-3-7(5-12-16-2)4-8-9(6)13-11(15)17-10(8)14/h3-5H,1-2H3,(H,13,15)/b12-5+. The van der Waals surface area contributed by atoms with Crippen LogP contribution in [0.5, 0.6) is 0 Å². The van der Waals surface area contributed by atoms with Gasteiger partial charge in [-0.05, 0) is 30.2 Å². The van der Waals surface area contributed by atoms with Crippen molar-refractivity contribution in [3.63, 3.8) is 0 Å². The van der Waals surface area contributed by atoms with Gasteiger partial charge in [-0.15, -0.1) is 0 Å². The van der Waals surface area contributed by atoms with E-state index >= 15 is 0 Å². The molecule has 0 saturated heterocycles. The molecule has 0 atom stereocenters. The topological polar surface area (TPSA) is 84.7 Å². The first kappa shape index (κ1) is 11.1. The first-order valence-electron chi connectivity index (χ1n) is 4.86. The fraction of sp³-hybridized carbons (Fsp3) is 0.182. The Morgan fingerprint density at radius 1 is 1.41 bits per heavy atom. The van der Waals surface area contributed by atoms with Gasteiger partial charge in [-0.3, -0.25) is 4.98 Å². The third kappa shape index (κ3) is 2.10. The molecule has 2 aromatic rings. The van der Waals surface area contributed by atoms with E-state index in [1.807, 2.05) is 0 Å². The van der Waals surface area contributed by atoms with Crippen LogP contribution in [-0.2, 0) is 4.84 Å². The second kappa shape index (κ2) is 4.25. The van der Waals surface area contributed by atoms with E-state index in [1.165, 1.54) is 13.3 Å². The predicted octanol–water partition coefficient (Wildman–Crippen LogP) is 0.770. The minimum atomic E-state index is -0.760. The molecular formula is C11H10N2O4. The molecule has 17 heavy (non-hydrogen) atoms. The van der Waals surface area contributed by atoms with E-state index in [1.54, 1.807) is 19.1 Å². The van der Waals surface area contributed by atoms with Gasteiger partial charge < -0.3 is 9.25 Å². The summed E-state index contributed by atoms with van der Waals surface area (Å²) in [6.07, 6.45) is 1.47. The summed E-state index contributed by atoms with van der Waals surface area (Å²) in [6.45, 7) is 1.78. The van der Waals surface area contributed by atoms with Crippen molar-refractivity contribution in [2.45, 2.75) is 6.92 Å². The molecule has 0 amide bonds. The maximum absolute atomic E-state index is 11.5. The van der Waals surface area contributed by atoms with E-state index in [9.17, 15) is 9.59 Å². The number of fused-ring (bicyclic) bond motifs is 1. The Morgan fingerprint density at radius 3 is 2.88 bits per heavy atom. The SMILES string of the molecule is CO/N=C/c1cc(C)c2[nH]c(=O)oc(=O)c2c1. The van der Waals surface area contributed by atoms with Crippen LogP contribution in [0.15, 0.2) is 31.3 Å². The monoisotopic (exact) mass is 234 g/mol. The molecule has 1 aromatic heterocycles. The highest BCUT2D eigenvalue weighted by Crippen LogP contribution is 2.13. The number of benzene rings is 1. The number of nitrogens with zero attached hydrogens (tertiary/aromatic N) is 1. The summed E-state index contributed by atoms with van der Waals surface area (Å²) < 4.78 is 4.46. The number of nitrogens with one attached hydrogen (secondary N) is 1. The molecule has 1 heterocycles. The predicted molar refractivity (Wildman–Crippen MR) is 62.4 cm³/mol. The lowest BCUT2D eigenvalue weighted by molar-refractivity contribution is 0.215. The average Bonchev–Trinajstić information content (AvgIpc) is 2.28. The molecule has 0 bridgehead atoms. The number of hydrogen-bond acceptors (Lipinski definition) is 5. The van der Waals surface area contributed by atoms with Crippen molar-refractivity contribution in [3.05, 3.63) is 44.2 Å². The summed E-state index contributed by atoms with van der Waals surface area (Å²) >= 11 is 0. The Balaban J connectivity index is 2.78. The van der Waals surface area contributed by atoms with E-state index in [0.717, 1.165) is 5.56 Å². The quantitative estimate of drug-likeness (QED) is 0.614. The number of aromatic nitrogens is 1. The Kier molecular flexibility index (Phi) is 2.78. The van der Waals surface area contributed by atoms with Gasteiger partial charge in [-0.25, -0.2) is 9.59 Å². The smallest absolute Gasteiger partial charge is 0.399 e. The fourth-order valence-electron chi connectivity index (χ4n) is 1.60. The molecule has 1 N–H and O–H groups in total.